The van der Waals surface area contributed by atoms with Crippen LogP contribution in [0.25, 0.3) is 0 Å². The number of nitrogens with one attached hydrogen (secondary N) is 1. The fourth-order valence-electron chi connectivity index (χ4n) is 8.98. The highest BCUT2D eigenvalue weighted by molar-refractivity contribution is 5.76. The van der Waals surface area contributed by atoms with Gasteiger partial charge in [0.1, 0.15) is 0 Å². The Bertz CT molecular complexity index is 1710. The van der Waals surface area contributed by atoms with E-state index in [9.17, 15) is 15.0 Å². The molecule has 3 N–H and O–H groups in total. The molecule has 0 saturated heterocycles. The molecule has 0 radical (unpaired) electrons. The molecule has 446 valence electrons. The number of hydrogen-bond acceptors (Lipinski definition) is 3. The molecular formula is C75H123NO3. The van der Waals surface area contributed by atoms with Crippen LogP contribution in [0.15, 0.2) is 170 Å². The Hall–Kier alpha value is -4.25. The van der Waals surface area contributed by atoms with Gasteiger partial charge in [-0.3, -0.25) is 4.79 Å². The second kappa shape index (κ2) is 68.0. The molecule has 0 aliphatic carbocycles. The van der Waals surface area contributed by atoms with Crippen molar-refractivity contribution >= 4 is 5.91 Å². The predicted octanol–water partition coefficient (Wildman–Crippen LogP) is 22.6. The van der Waals surface area contributed by atoms with Crippen molar-refractivity contribution in [3.05, 3.63) is 170 Å². The van der Waals surface area contributed by atoms with Crippen molar-refractivity contribution in [3.63, 3.8) is 0 Å². The Kier molecular flexibility index (Phi) is 64.4. The number of amides is 1. The van der Waals surface area contributed by atoms with Gasteiger partial charge in [-0.2, -0.15) is 0 Å². The first-order chi connectivity index (χ1) is 39.2. The summed E-state index contributed by atoms with van der Waals surface area (Å²) >= 11 is 0. The smallest absolute Gasteiger partial charge is 0.220 e. The van der Waals surface area contributed by atoms with Gasteiger partial charge in [-0.25, -0.2) is 0 Å². The van der Waals surface area contributed by atoms with Crippen LogP contribution >= 0.6 is 0 Å². The lowest BCUT2D eigenvalue weighted by Crippen LogP contribution is -2.45. The maximum Gasteiger partial charge on any atom is 0.220 e. The zero-order chi connectivity index (χ0) is 56.9. The maximum atomic E-state index is 12.5. The number of hydrogen-bond donors (Lipinski definition) is 3. The highest BCUT2D eigenvalue weighted by atomic mass is 16.3. The number of aliphatic hydroxyl groups excluding tert-OH is 2. The van der Waals surface area contributed by atoms with E-state index in [1.54, 1.807) is 6.08 Å². The van der Waals surface area contributed by atoms with Crippen molar-refractivity contribution in [2.75, 3.05) is 6.61 Å². The molecule has 0 aromatic heterocycles. The van der Waals surface area contributed by atoms with E-state index in [4.69, 9.17) is 0 Å². The van der Waals surface area contributed by atoms with Crippen molar-refractivity contribution in [1.29, 1.82) is 0 Å². The predicted molar refractivity (Wildman–Crippen MR) is 354 cm³/mol. The number of rotatable bonds is 58. The summed E-state index contributed by atoms with van der Waals surface area (Å²) < 4.78 is 0. The van der Waals surface area contributed by atoms with Crippen LogP contribution in [-0.4, -0.2) is 34.9 Å². The fourth-order valence-corrected chi connectivity index (χ4v) is 8.98. The van der Waals surface area contributed by atoms with Gasteiger partial charge in [0, 0.05) is 6.42 Å². The summed E-state index contributed by atoms with van der Waals surface area (Å²) in [6, 6.07) is -0.679. The number of carbonyl (C=O) groups excluding carboxylic acids is 1. The summed E-state index contributed by atoms with van der Waals surface area (Å²) in [4.78, 5) is 12.5. The topological polar surface area (TPSA) is 69.6 Å². The minimum atomic E-state index is -0.900. The van der Waals surface area contributed by atoms with Gasteiger partial charge in [0.05, 0.1) is 18.8 Å². The monoisotopic (exact) mass is 1090 g/mol. The van der Waals surface area contributed by atoms with Crippen molar-refractivity contribution in [2.24, 2.45) is 0 Å². The number of carbonyl (C=O) groups is 1. The Morgan fingerprint density at radius 2 is 0.570 bits per heavy atom. The van der Waals surface area contributed by atoms with Crippen LogP contribution in [0.5, 0.6) is 0 Å². The zero-order valence-electron chi connectivity index (χ0n) is 51.3. The SMILES string of the molecule is CC/C=C\C/C=C\C/C=C\C/C=C\C/C=C\C/C=C\C/C=C\C/C=C\C/C=C\C/C=C\C/C=C\CCCCCC(=O)NC(CO)C(O)/C=C/CC/C=C/CC/C=C/CCCCCCCCCCCCCCCCCCCCCC. The molecule has 2 unspecified atom stereocenters. The van der Waals surface area contributed by atoms with Crippen molar-refractivity contribution in [2.45, 2.75) is 289 Å². The van der Waals surface area contributed by atoms with Gasteiger partial charge in [0.25, 0.3) is 0 Å². The number of unbranched alkanes of at least 4 members (excludes halogenated alkanes) is 25. The molecule has 0 bridgehead atoms. The lowest BCUT2D eigenvalue weighted by atomic mass is 10.0. The standard InChI is InChI=1S/C75H123NO3/c1-3-5-7-9-11-13-15-17-19-21-23-25-27-29-31-33-35-36-37-38-39-40-41-43-45-47-49-51-53-55-57-59-61-63-65-67-69-71-75(79)76-73(72-77)74(78)70-68-66-64-62-60-58-56-54-52-50-48-46-44-42-34-32-30-28-26-24-22-20-18-16-14-12-10-8-6-4-2/h5,7,11,13,17,19,23,25,29,31,35-36,38-39,41,43,47,49,52-55,59-62,68,70,73-74,77-78H,3-4,6,8-10,12,14-16,18,20-22,24,26-28,30,32-34,37,40,42,44-46,48,50-51,56-58,63-67,69,71-72H2,1-2H3,(H,76,79)/b7-5-,13-11-,19-17-,25-23-,31-29-,36-35-,39-38-,43-41-,49-47-,54-52+,55-53-,61-59-,62-60+,70-68+. The van der Waals surface area contributed by atoms with E-state index < -0.39 is 12.1 Å². The normalized spacial score (nSPS) is 13.9. The van der Waals surface area contributed by atoms with Crippen LogP contribution in [-0.2, 0) is 4.79 Å². The molecule has 0 fully saturated rings. The minimum absolute atomic E-state index is 0.115. The molecule has 0 aliphatic rings. The van der Waals surface area contributed by atoms with Gasteiger partial charge in [0.15, 0.2) is 0 Å². The Morgan fingerprint density at radius 1 is 0.316 bits per heavy atom. The molecular weight excluding hydrogens is 963 g/mol. The van der Waals surface area contributed by atoms with Crippen LogP contribution in [0.3, 0.4) is 0 Å². The van der Waals surface area contributed by atoms with Crippen molar-refractivity contribution in [3.8, 4) is 0 Å². The highest BCUT2D eigenvalue weighted by Crippen LogP contribution is 2.16. The van der Waals surface area contributed by atoms with Crippen molar-refractivity contribution in [1.82, 2.24) is 5.32 Å². The average Bonchev–Trinajstić information content (AvgIpc) is 3.45. The van der Waals surface area contributed by atoms with Gasteiger partial charge in [-0.15, -0.1) is 0 Å². The summed E-state index contributed by atoms with van der Waals surface area (Å²) in [5.74, 6) is -0.115. The zero-order valence-corrected chi connectivity index (χ0v) is 51.3. The average molecular weight is 1090 g/mol. The van der Waals surface area contributed by atoms with E-state index in [1.165, 1.54) is 135 Å². The Morgan fingerprint density at radius 3 is 0.886 bits per heavy atom. The van der Waals surface area contributed by atoms with Gasteiger partial charge >= 0.3 is 0 Å². The molecule has 0 aromatic rings. The lowest BCUT2D eigenvalue weighted by Gasteiger charge is -2.19. The Labute approximate surface area is 489 Å². The van der Waals surface area contributed by atoms with E-state index in [2.05, 4.69) is 177 Å². The Balaban J connectivity index is 3.71. The van der Waals surface area contributed by atoms with Gasteiger partial charge < -0.3 is 15.5 Å². The van der Waals surface area contributed by atoms with Crippen LogP contribution in [0, 0.1) is 0 Å². The largest absolute Gasteiger partial charge is 0.394 e. The number of allylic oxidation sites excluding steroid dienone is 27. The molecule has 79 heavy (non-hydrogen) atoms. The third-order valence-corrected chi connectivity index (χ3v) is 13.9. The third kappa shape index (κ3) is 64.5. The van der Waals surface area contributed by atoms with Gasteiger partial charge in [-0.05, 0) is 128 Å². The van der Waals surface area contributed by atoms with Crippen LogP contribution in [0.4, 0.5) is 0 Å². The number of aliphatic hydroxyl groups is 2. The quantitative estimate of drug-likeness (QED) is 0.0420. The molecule has 4 heteroatoms. The minimum Gasteiger partial charge on any atom is -0.394 e. The lowest BCUT2D eigenvalue weighted by molar-refractivity contribution is -0.123. The van der Waals surface area contributed by atoms with E-state index in [0.29, 0.717) is 6.42 Å². The molecule has 0 spiro atoms. The first kappa shape index (κ1) is 74.8. The highest BCUT2D eigenvalue weighted by Gasteiger charge is 2.18. The first-order valence-electron chi connectivity index (χ1n) is 32.8. The fraction of sp³-hybridized carbons (Fsp3) is 0.613. The summed E-state index contributed by atoms with van der Waals surface area (Å²) in [5, 5.41) is 23.2. The van der Waals surface area contributed by atoms with Gasteiger partial charge in [-0.1, -0.05) is 312 Å². The molecule has 2 atom stereocenters. The van der Waals surface area contributed by atoms with E-state index in [1.807, 2.05) is 6.08 Å². The van der Waals surface area contributed by atoms with Crippen LogP contribution in [0.2, 0.25) is 0 Å². The van der Waals surface area contributed by atoms with Crippen LogP contribution < -0.4 is 5.32 Å². The first-order valence-corrected chi connectivity index (χ1v) is 32.8. The van der Waals surface area contributed by atoms with E-state index in [0.717, 1.165) is 122 Å². The molecule has 1 amide bonds. The molecule has 0 aromatic carbocycles. The van der Waals surface area contributed by atoms with E-state index in [-0.39, 0.29) is 12.5 Å². The van der Waals surface area contributed by atoms with Crippen molar-refractivity contribution < 1.29 is 15.0 Å². The van der Waals surface area contributed by atoms with Gasteiger partial charge in [0.2, 0.25) is 5.91 Å². The molecule has 0 aliphatic heterocycles. The second-order valence-electron chi connectivity index (χ2n) is 21.4. The summed E-state index contributed by atoms with van der Waals surface area (Å²) in [5.41, 5.74) is 0. The second-order valence-corrected chi connectivity index (χ2v) is 21.4. The summed E-state index contributed by atoms with van der Waals surface area (Å²) in [6.45, 7) is 4.17. The summed E-state index contributed by atoms with van der Waals surface area (Å²) in [6.07, 6.45) is 110. The third-order valence-electron chi connectivity index (χ3n) is 13.9. The van der Waals surface area contributed by atoms with Crippen LogP contribution in [0.1, 0.15) is 277 Å². The molecule has 0 saturated carbocycles. The summed E-state index contributed by atoms with van der Waals surface area (Å²) in [7, 11) is 0. The molecule has 0 heterocycles. The maximum absolute atomic E-state index is 12.5. The molecule has 4 nitrogen and oxygen atoms in total. The van der Waals surface area contributed by atoms with E-state index >= 15 is 0 Å². The molecule has 0 rings (SSSR count).